The van der Waals surface area contributed by atoms with Crippen molar-refractivity contribution in [3.8, 4) is 5.75 Å². The fraction of sp³-hybridized carbons (Fsp3) is 0.241. The van der Waals surface area contributed by atoms with Crippen molar-refractivity contribution in [1.82, 2.24) is 4.98 Å². The minimum absolute atomic E-state index is 0.0163. The van der Waals surface area contributed by atoms with Crippen LogP contribution in [-0.2, 0) is 14.3 Å². The summed E-state index contributed by atoms with van der Waals surface area (Å²) in [5.41, 5.74) is 1.83. The van der Waals surface area contributed by atoms with E-state index in [-0.39, 0.29) is 27.9 Å². The summed E-state index contributed by atoms with van der Waals surface area (Å²) in [5, 5.41) is 12.1. The first kappa shape index (κ1) is 28.1. The summed E-state index contributed by atoms with van der Waals surface area (Å²) >= 11 is 7.04. The molecule has 1 fully saturated rings. The van der Waals surface area contributed by atoms with E-state index < -0.39 is 23.7 Å². The third-order valence-electron chi connectivity index (χ3n) is 6.07. The Morgan fingerprint density at radius 3 is 2.56 bits per heavy atom. The minimum Gasteiger partial charge on any atom is -0.507 e. The number of hydrogen-bond donors (Lipinski definition) is 1. The second-order valence-corrected chi connectivity index (χ2v) is 10.3. The van der Waals surface area contributed by atoms with Crippen LogP contribution in [-0.4, -0.2) is 41.0 Å². The smallest absolute Gasteiger partial charge is 0.350 e. The van der Waals surface area contributed by atoms with Crippen LogP contribution in [0.25, 0.3) is 5.76 Å². The number of thiazole rings is 1. The summed E-state index contributed by atoms with van der Waals surface area (Å²) in [7, 11) is 0. The molecule has 10 heteroatoms. The van der Waals surface area contributed by atoms with Crippen molar-refractivity contribution in [2.24, 2.45) is 0 Å². The van der Waals surface area contributed by atoms with Gasteiger partial charge in [-0.25, -0.2) is 9.78 Å². The number of aryl methyl sites for hydroxylation is 2. The van der Waals surface area contributed by atoms with E-state index in [1.807, 2.05) is 6.92 Å². The molecule has 3 aromatic rings. The number of carbonyl (C=O) groups is 3. The molecule has 2 heterocycles. The molecule has 2 aromatic carbocycles. The Bertz CT molecular complexity index is 1480. The second-order valence-electron chi connectivity index (χ2n) is 8.84. The van der Waals surface area contributed by atoms with Crippen molar-refractivity contribution >= 4 is 51.5 Å². The van der Waals surface area contributed by atoms with Crippen LogP contribution in [0.2, 0.25) is 5.02 Å². The zero-order chi connectivity index (χ0) is 28.3. The Hall–Kier alpha value is -3.95. The number of hydrogen-bond acceptors (Lipinski definition) is 8. The second kappa shape index (κ2) is 11.8. The molecular formula is C29H27ClN2O6S. The van der Waals surface area contributed by atoms with Gasteiger partial charge in [-0.1, -0.05) is 54.6 Å². The molecule has 202 valence electrons. The first-order valence-electron chi connectivity index (χ1n) is 12.2. The van der Waals surface area contributed by atoms with Gasteiger partial charge in [-0.2, -0.15) is 0 Å². The Labute approximate surface area is 235 Å². The van der Waals surface area contributed by atoms with Crippen molar-refractivity contribution in [3.05, 3.63) is 93.0 Å². The Morgan fingerprint density at radius 2 is 1.92 bits per heavy atom. The standard InChI is InChI=1S/C29H27ClN2O6S/c1-5-13-37-20-11-12-21(16(3)15-20)24(33)22-23(18-7-9-19(30)10-8-18)32(27(35)25(22)34)29-31-17(4)26(39-29)28(36)38-14-6-2/h6-12,15,23,33H,2,5,13-14H2,1,3-4H3/b24-22+. The van der Waals surface area contributed by atoms with E-state index >= 15 is 0 Å². The third-order valence-corrected chi connectivity index (χ3v) is 7.45. The van der Waals surface area contributed by atoms with Crippen LogP contribution in [0.5, 0.6) is 5.75 Å². The molecule has 0 aliphatic carbocycles. The van der Waals surface area contributed by atoms with Gasteiger partial charge in [0.2, 0.25) is 0 Å². The van der Waals surface area contributed by atoms with Gasteiger partial charge in [0.05, 0.1) is 23.9 Å². The number of anilines is 1. The number of Topliss-reactive ketones (excluding diaryl/α,β-unsaturated/α-hetero) is 1. The molecule has 8 nitrogen and oxygen atoms in total. The highest BCUT2D eigenvalue weighted by molar-refractivity contribution is 7.17. The molecule has 1 N–H and O–H groups in total. The third kappa shape index (κ3) is 5.60. The van der Waals surface area contributed by atoms with Crippen LogP contribution in [0.1, 0.15) is 51.4 Å². The number of carbonyl (C=O) groups excluding carboxylic acids is 3. The van der Waals surface area contributed by atoms with Gasteiger partial charge in [-0.05, 0) is 61.7 Å². The van der Waals surface area contributed by atoms with Crippen molar-refractivity contribution in [2.75, 3.05) is 18.1 Å². The Balaban J connectivity index is 1.85. The van der Waals surface area contributed by atoms with Gasteiger partial charge in [0.1, 0.15) is 23.0 Å². The SMILES string of the molecule is C=CCOC(=O)c1sc(N2C(=O)C(=O)/C(=C(/O)c3ccc(OCCC)cc3C)C2c2ccc(Cl)cc2)nc1C. The van der Waals surface area contributed by atoms with E-state index in [4.69, 9.17) is 21.1 Å². The van der Waals surface area contributed by atoms with E-state index in [0.717, 1.165) is 17.8 Å². The van der Waals surface area contributed by atoms with Crippen LogP contribution >= 0.6 is 22.9 Å². The first-order valence-corrected chi connectivity index (χ1v) is 13.4. The van der Waals surface area contributed by atoms with Crippen molar-refractivity contribution in [2.45, 2.75) is 33.2 Å². The number of ether oxygens (including phenoxy) is 2. The molecule has 1 aromatic heterocycles. The molecular weight excluding hydrogens is 540 g/mol. The lowest BCUT2D eigenvalue weighted by Gasteiger charge is -2.23. The maximum absolute atomic E-state index is 13.5. The molecule has 0 spiro atoms. The van der Waals surface area contributed by atoms with Crippen molar-refractivity contribution in [1.29, 1.82) is 0 Å². The molecule has 0 radical (unpaired) electrons. The predicted octanol–water partition coefficient (Wildman–Crippen LogP) is 6.17. The number of ketones is 1. The van der Waals surface area contributed by atoms with E-state index in [0.29, 0.717) is 39.8 Å². The van der Waals surface area contributed by atoms with E-state index in [1.54, 1.807) is 56.3 Å². The van der Waals surface area contributed by atoms with Crippen LogP contribution in [0.3, 0.4) is 0 Å². The molecule has 1 unspecified atom stereocenters. The van der Waals surface area contributed by atoms with Crippen molar-refractivity contribution < 1.29 is 29.0 Å². The number of benzene rings is 2. The molecule has 0 saturated carbocycles. The summed E-state index contributed by atoms with van der Waals surface area (Å²) in [5.74, 6) is -2.06. The number of rotatable bonds is 9. The molecule has 1 saturated heterocycles. The summed E-state index contributed by atoms with van der Waals surface area (Å²) in [4.78, 5) is 45.3. The largest absolute Gasteiger partial charge is 0.507 e. The number of aliphatic hydroxyl groups excluding tert-OH is 1. The zero-order valence-corrected chi connectivity index (χ0v) is 23.3. The Morgan fingerprint density at radius 1 is 1.21 bits per heavy atom. The lowest BCUT2D eigenvalue weighted by Crippen LogP contribution is -2.29. The molecule has 1 aliphatic rings. The van der Waals surface area contributed by atoms with E-state index in [9.17, 15) is 19.5 Å². The number of aliphatic hydroxyl groups is 1. The summed E-state index contributed by atoms with van der Waals surface area (Å²) < 4.78 is 10.8. The number of amides is 1. The fourth-order valence-electron chi connectivity index (χ4n) is 4.22. The monoisotopic (exact) mass is 566 g/mol. The van der Waals surface area contributed by atoms with Gasteiger partial charge < -0.3 is 14.6 Å². The van der Waals surface area contributed by atoms with Gasteiger partial charge in [-0.15, -0.1) is 0 Å². The zero-order valence-electron chi connectivity index (χ0n) is 21.7. The normalized spacial score (nSPS) is 16.4. The van der Waals surface area contributed by atoms with E-state index in [2.05, 4.69) is 11.6 Å². The Kier molecular flexibility index (Phi) is 8.52. The summed E-state index contributed by atoms with van der Waals surface area (Å²) in [6.07, 6.45) is 2.29. The predicted molar refractivity (Wildman–Crippen MR) is 151 cm³/mol. The average molecular weight is 567 g/mol. The van der Waals surface area contributed by atoms with Gasteiger partial charge in [0, 0.05) is 10.6 Å². The molecule has 1 aliphatic heterocycles. The number of nitrogens with zero attached hydrogens (tertiary/aromatic N) is 2. The molecule has 4 rings (SSSR count). The highest BCUT2D eigenvalue weighted by Gasteiger charge is 2.48. The molecule has 1 amide bonds. The van der Waals surface area contributed by atoms with E-state index in [1.165, 1.54) is 11.0 Å². The van der Waals surface area contributed by atoms with Crippen LogP contribution < -0.4 is 9.64 Å². The maximum atomic E-state index is 13.5. The van der Waals surface area contributed by atoms with Crippen LogP contribution in [0, 0.1) is 13.8 Å². The molecule has 0 bridgehead atoms. The van der Waals surface area contributed by atoms with Gasteiger partial charge in [-0.3, -0.25) is 14.5 Å². The topological polar surface area (TPSA) is 106 Å². The molecule has 39 heavy (non-hydrogen) atoms. The first-order chi connectivity index (χ1) is 18.7. The lowest BCUT2D eigenvalue weighted by atomic mass is 9.94. The van der Waals surface area contributed by atoms with Gasteiger partial charge in [0.15, 0.2) is 5.13 Å². The van der Waals surface area contributed by atoms with Gasteiger partial charge in [0.25, 0.3) is 5.78 Å². The van der Waals surface area contributed by atoms with Crippen LogP contribution in [0.4, 0.5) is 5.13 Å². The minimum atomic E-state index is -1.01. The molecule has 1 atom stereocenters. The highest BCUT2D eigenvalue weighted by atomic mass is 35.5. The summed E-state index contributed by atoms with van der Waals surface area (Å²) in [6.45, 7) is 9.49. The quantitative estimate of drug-likeness (QED) is 0.108. The van der Waals surface area contributed by atoms with Crippen molar-refractivity contribution in [3.63, 3.8) is 0 Å². The summed E-state index contributed by atoms with van der Waals surface area (Å²) in [6, 6.07) is 10.7. The fourth-order valence-corrected chi connectivity index (χ4v) is 5.34. The van der Waals surface area contributed by atoms with Crippen LogP contribution in [0.15, 0.2) is 60.7 Å². The highest BCUT2D eigenvalue weighted by Crippen LogP contribution is 2.44. The number of halogens is 1. The number of esters is 1. The maximum Gasteiger partial charge on any atom is 0.350 e. The lowest BCUT2D eigenvalue weighted by molar-refractivity contribution is -0.132. The number of aromatic nitrogens is 1. The van der Waals surface area contributed by atoms with Gasteiger partial charge >= 0.3 is 11.9 Å². The average Bonchev–Trinajstić information content (AvgIpc) is 3.42.